The summed E-state index contributed by atoms with van der Waals surface area (Å²) in [5.41, 5.74) is 7.32. The SMILES string of the molecule is COc1ccc(CC(O)c2cccnc2N)cc1OC. The van der Waals surface area contributed by atoms with Gasteiger partial charge in [-0.1, -0.05) is 12.1 Å². The summed E-state index contributed by atoms with van der Waals surface area (Å²) in [4.78, 5) is 3.98. The second-order valence-electron chi connectivity index (χ2n) is 4.39. The Balaban J connectivity index is 2.20. The lowest BCUT2D eigenvalue weighted by molar-refractivity contribution is 0.178. The molecule has 20 heavy (non-hydrogen) atoms. The van der Waals surface area contributed by atoms with E-state index in [2.05, 4.69) is 4.98 Å². The fraction of sp³-hybridized carbons (Fsp3) is 0.267. The van der Waals surface area contributed by atoms with Crippen LogP contribution < -0.4 is 15.2 Å². The van der Waals surface area contributed by atoms with Gasteiger partial charge in [-0.25, -0.2) is 4.98 Å². The monoisotopic (exact) mass is 274 g/mol. The van der Waals surface area contributed by atoms with Crippen LogP contribution in [-0.2, 0) is 6.42 Å². The van der Waals surface area contributed by atoms with E-state index in [9.17, 15) is 5.11 Å². The van der Waals surface area contributed by atoms with E-state index in [1.165, 1.54) is 0 Å². The van der Waals surface area contributed by atoms with E-state index in [1.807, 2.05) is 18.2 Å². The highest BCUT2D eigenvalue weighted by molar-refractivity contribution is 5.44. The maximum Gasteiger partial charge on any atom is 0.160 e. The number of methoxy groups -OCH3 is 2. The minimum atomic E-state index is -0.707. The van der Waals surface area contributed by atoms with Gasteiger partial charge >= 0.3 is 0 Å². The standard InChI is InChI=1S/C15H18N2O3/c1-19-13-6-5-10(9-14(13)20-2)8-12(18)11-4-3-7-17-15(11)16/h3-7,9,12,18H,8H2,1-2H3,(H2,16,17). The molecule has 5 heteroatoms. The zero-order valence-corrected chi connectivity index (χ0v) is 11.5. The van der Waals surface area contributed by atoms with E-state index in [-0.39, 0.29) is 0 Å². The third kappa shape index (κ3) is 3.00. The summed E-state index contributed by atoms with van der Waals surface area (Å²) in [6, 6.07) is 9.07. The molecule has 1 heterocycles. The Morgan fingerprint density at radius 3 is 2.60 bits per heavy atom. The van der Waals surface area contributed by atoms with Gasteiger partial charge < -0.3 is 20.3 Å². The number of aliphatic hydroxyl groups is 1. The molecule has 2 rings (SSSR count). The van der Waals surface area contributed by atoms with Crippen LogP contribution in [0.25, 0.3) is 0 Å². The van der Waals surface area contributed by atoms with Crippen molar-refractivity contribution in [2.24, 2.45) is 0 Å². The number of aromatic nitrogens is 1. The Kier molecular flexibility index (Phi) is 4.42. The van der Waals surface area contributed by atoms with E-state index < -0.39 is 6.10 Å². The minimum absolute atomic E-state index is 0.348. The van der Waals surface area contributed by atoms with Gasteiger partial charge in [0.2, 0.25) is 0 Å². The van der Waals surface area contributed by atoms with Gasteiger partial charge in [0.05, 0.1) is 20.3 Å². The van der Waals surface area contributed by atoms with Crippen LogP contribution in [0.5, 0.6) is 11.5 Å². The van der Waals surface area contributed by atoms with Crippen LogP contribution in [0, 0.1) is 0 Å². The van der Waals surface area contributed by atoms with E-state index in [0.29, 0.717) is 29.3 Å². The number of anilines is 1. The van der Waals surface area contributed by atoms with Crippen molar-refractivity contribution in [2.45, 2.75) is 12.5 Å². The van der Waals surface area contributed by atoms with Gasteiger partial charge in [-0.05, 0) is 23.8 Å². The first-order valence-corrected chi connectivity index (χ1v) is 6.25. The number of nitrogens with two attached hydrogens (primary N) is 1. The van der Waals surface area contributed by atoms with Crippen molar-refractivity contribution in [2.75, 3.05) is 20.0 Å². The fourth-order valence-corrected chi connectivity index (χ4v) is 2.05. The summed E-state index contributed by atoms with van der Waals surface area (Å²) < 4.78 is 10.4. The second-order valence-corrected chi connectivity index (χ2v) is 4.39. The lowest BCUT2D eigenvalue weighted by Crippen LogP contribution is -2.06. The van der Waals surface area contributed by atoms with Crippen LogP contribution in [0.2, 0.25) is 0 Å². The first-order valence-electron chi connectivity index (χ1n) is 6.25. The maximum atomic E-state index is 10.3. The summed E-state index contributed by atoms with van der Waals surface area (Å²) in [6.45, 7) is 0. The van der Waals surface area contributed by atoms with Crippen molar-refractivity contribution in [3.05, 3.63) is 47.7 Å². The van der Waals surface area contributed by atoms with Gasteiger partial charge in [0.15, 0.2) is 11.5 Å². The van der Waals surface area contributed by atoms with Crippen LogP contribution in [0.3, 0.4) is 0 Å². The molecule has 0 spiro atoms. The van der Waals surface area contributed by atoms with Gasteiger partial charge in [-0.3, -0.25) is 0 Å². The van der Waals surface area contributed by atoms with Crippen molar-refractivity contribution in [3.63, 3.8) is 0 Å². The molecule has 1 aromatic carbocycles. The molecule has 0 aliphatic carbocycles. The molecule has 1 unspecified atom stereocenters. The van der Waals surface area contributed by atoms with Gasteiger partial charge in [-0.2, -0.15) is 0 Å². The predicted octanol–water partition coefficient (Wildman–Crippen LogP) is 1.96. The molecular formula is C15H18N2O3. The topological polar surface area (TPSA) is 77.6 Å². The summed E-state index contributed by atoms with van der Waals surface area (Å²) in [5, 5.41) is 10.3. The molecule has 3 N–H and O–H groups in total. The summed E-state index contributed by atoms with van der Waals surface area (Å²) in [7, 11) is 3.17. The number of pyridine rings is 1. The minimum Gasteiger partial charge on any atom is -0.493 e. The van der Waals surface area contributed by atoms with Crippen molar-refractivity contribution < 1.29 is 14.6 Å². The van der Waals surface area contributed by atoms with Crippen molar-refractivity contribution in [1.82, 2.24) is 4.98 Å². The smallest absolute Gasteiger partial charge is 0.160 e. The highest BCUT2D eigenvalue weighted by Crippen LogP contribution is 2.30. The number of nitrogen functional groups attached to an aromatic ring is 1. The summed E-state index contributed by atoms with van der Waals surface area (Å²) in [5.74, 6) is 1.64. The first-order chi connectivity index (χ1) is 9.65. The molecule has 0 radical (unpaired) electrons. The molecule has 0 amide bonds. The molecule has 0 aliphatic rings. The van der Waals surface area contributed by atoms with E-state index in [1.54, 1.807) is 32.5 Å². The molecule has 5 nitrogen and oxygen atoms in total. The highest BCUT2D eigenvalue weighted by atomic mass is 16.5. The van der Waals surface area contributed by atoms with Gasteiger partial charge in [-0.15, -0.1) is 0 Å². The van der Waals surface area contributed by atoms with Crippen molar-refractivity contribution in [1.29, 1.82) is 0 Å². The Hall–Kier alpha value is -2.27. The zero-order valence-electron chi connectivity index (χ0n) is 11.5. The molecule has 1 aromatic heterocycles. The third-order valence-electron chi connectivity index (χ3n) is 3.11. The van der Waals surface area contributed by atoms with Crippen LogP contribution in [0.15, 0.2) is 36.5 Å². The first kappa shape index (κ1) is 14.1. The number of benzene rings is 1. The predicted molar refractivity (Wildman–Crippen MR) is 76.9 cm³/mol. The maximum absolute atomic E-state index is 10.3. The number of rotatable bonds is 5. The summed E-state index contributed by atoms with van der Waals surface area (Å²) >= 11 is 0. The Morgan fingerprint density at radius 2 is 1.95 bits per heavy atom. The van der Waals surface area contributed by atoms with E-state index in [4.69, 9.17) is 15.2 Å². The van der Waals surface area contributed by atoms with Crippen LogP contribution in [0.4, 0.5) is 5.82 Å². The number of nitrogens with zero attached hydrogens (tertiary/aromatic N) is 1. The molecule has 0 aliphatic heterocycles. The Morgan fingerprint density at radius 1 is 1.20 bits per heavy atom. The van der Waals surface area contributed by atoms with E-state index in [0.717, 1.165) is 5.56 Å². The number of hydrogen-bond acceptors (Lipinski definition) is 5. The Bertz CT molecular complexity index is 587. The molecule has 0 saturated heterocycles. The zero-order chi connectivity index (χ0) is 14.5. The van der Waals surface area contributed by atoms with Crippen LogP contribution in [0.1, 0.15) is 17.2 Å². The molecular weight excluding hydrogens is 256 g/mol. The van der Waals surface area contributed by atoms with Crippen LogP contribution in [-0.4, -0.2) is 24.3 Å². The average Bonchev–Trinajstić information content (AvgIpc) is 2.47. The summed E-state index contributed by atoms with van der Waals surface area (Å²) in [6.07, 6.45) is 1.32. The lowest BCUT2D eigenvalue weighted by Gasteiger charge is -2.14. The van der Waals surface area contributed by atoms with Gasteiger partial charge in [0.25, 0.3) is 0 Å². The normalized spacial score (nSPS) is 11.9. The highest BCUT2D eigenvalue weighted by Gasteiger charge is 2.13. The third-order valence-corrected chi connectivity index (χ3v) is 3.11. The van der Waals surface area contributed by atoms with Crippen LogP contribution >= 0.6 is 0 Å². The molecule has 0 bridgehead atoms. The van der Waals surface area contributed by atoms with Crippen molar-refractivity contribution >= 4 is 5.82 Å². The van der Waals surface area contributed by atoms with E-state index >= 15 is 0 Å². The molecule has 0 saturated carbocycles. The molecule has 0 fully saturated rings. The number of hydrogen-bond donors (Lipinski definition) is 2. The van der Waals surface area contributed by atoms with Gasteiger partial charge in [0.1, 0.15) is 5.82 Å². The quantitative estimate of drug-likeness (QED) is 0.871. The lowest BCUT2D eigenvalue weighted by atomic mass is 10.0. The fourth-order valence-electron chi connectivity index (χ4n) is 2.05. The Labute approximate surface area is 118 Å². The van der Waals surface area contributed by atoms with Gasteiger partial charge in [0, 0.05) is 18.2 Å². The largest absolute Gasteiger partial charge is 0.493 e. The second kappa shape index (κ2) is 6.25. The number of aliphatic hydroxyl groups excluding tert-OH is 1. The molecule has 106 valence electrons. The van der Waals surface area contributed by atoms with Crippen molar-refractivity contribution in [3.8, 4) is 11.5 Å². The average molecular weight is 274 g/mol. The molecule has 2 aromatic rings. The number of ether oxygens (including phenoxy) is 2. The molecule has 1 atom stereocenters.